The molecule has 218 valence electrons. The number of hydrogen-bond donors (Lipinski definition) is 4. The van der Waals surface area contributed by atoms with Crippen molar-refractivity contribution in [2.24, 2.45) is 11.6 Å². The summed E-state index contributed by atoms with van der Waals surface area (Å²) in [6.07, 6.45) is -6.49. The smallest absolute Gasteiger partial charge is 0.573 e. The van der Waals surface area contributed by atoms with Crippen LogP contribution in [0, 0.1) is 5.41 Å². The van der Waals surface area contributed by atoms with Crippen LogP contribution in [0.4, 0.5) is 37.7 Å². The highest BCUT2D eigenvalue weighted by atomic mass is 32.2. The van der Waals surface area contributed by atoms with E-state index >= 15 is 0 Å². The van der Waals surface area contributed by atoms with Crippen molar-refractivity contribution >= 4 is 34.0 Å². The van der Waals surface area contributed by atoms with E-state index in [4.69, 9.17) is 17.0 Å². The number of rotatable bonds is 9. The molecule has 0 fully saturated rings. The van der Waals surface area contributed by atoms with Crippen molar-refractivity contribution in [2.45, 2.75) is 24.4 Å². The molecule has 7 nitrogen and oxygen atoms in total. The lowest BCUT2D eigenvalue weighted by Gasteiger charge is -2.26. The third-order valence-corrected chi connectivity index (χ3v) is 6.47. The normalized spacial score (nSPS) is 13.5. The number of hydrogen-bond acceptors (Lipinski definition) is 7. The van der Waals surface area contributed by atoms with Gasteiger partial charge >= 0.3 is 12.5 Å². The predicted octanol–water partition coefficient (Wildman–Crippen LogP) is 6.52. The number of nitrogens with zero attached hydrogens (tertiary/aromatic N) is 1. The molecular weight excluding hydrogens is 572 g/mol. The number of halogens is 6. The van der Waals surface area contributed by atoms with Crippen molar-refractivity contribution in [3.63, 3.8) is 0 Å². The summed E-state index contributed by atoms with van der Waals surface area (Å²) in [5, 5.41) is 11.2. The van der Waals surface area contributed by atoms with Crippen molar-refractivity contribution in [1.82, 2.24) is 0 Å². The fourth-order valence-electron chi connectivity index (χ4n) is 3.69. The number of alkyl halides is 6. The van der Waals surface area contributed by atoms with E-state index in [0.29, 0.717) is 27.7 Å². The van der Waals surface area contributed by atoms with E-state index in [1.54, 1.807) is 42.5 Å². The van der Waals surface area contributed by atoms with Gasteiger partial charge in [0.1, 0.15) is 17.7 Å². The van der Waals surface area contributed by atoms with Crippen LogP contribution in [0.3, 0.4) is 0 Å². The zero-order valence-electron chi connectivity index (χ0n) is 21.6. The summed E-state index contributed by atoms with van der Waals surface area (Å²) in [5.41, 5.74) is 6.38. The maximum Gasteiger partial charge on any atom is 0.573 e. The topological polar surface area (TPSA) is 123 Å². The summed E-state index contributed by atoms with van der Waals surface area (Å²) < 4.78 is 92.3. The average molecular weight is 598 g/mol. The SMILES string of the molecule is C/C(=C/C(=N)C(F)(F)F)Nc1ccc(-c2cccc([S+](C)[O-])c2)cc1N(N)/C(=C\N)c1ccc(OC(F)(F)F)cc1. The number of anilines is 2. The third kappa shape index (κ3) is 8.42. The quantitative estimate of drug-likeness (QED) is 0.0732. The van der Waals surface area contributed by atoms with Crippen LogP contribution in [0.5, 0.6) is 5.75 Å². The molecule has 0 spiro atoms. The lowest BCUT2D eigenvalue weighted by Crippen LogP contribution is -2.30. The van der Waals surface area contributed by atoms with Gasteiger partial charge in [0.15, 0.2) is 4.90 Å². The van der Waals surface area contributed by atoms with Crippen LogP contribution < -0.4 is 26.6 Å². The largest absolute Gasteiger partial charge is 0.612 e. The predicted molar refractivity (Wildman–Crippen MR) is 147 cm³/mol. The molecule has 14 heteroatoms. The van der Waals surface area contributed by atoms with Gasteiger partial charge in [-0.1, -0.05) is 18.2 Å². The Balaban J connectivity index is 2.07. The van der Waals surface area contributed by atoms with Gasteiger partial charge in [-0.05, 0) is 77.8 Å². The van der Waals surface area contributed by atoms with Gasteiger partial charge < -0.3 is 20.3 Å². The van der Waals surface area contributed by atoms with Gasteiger partial charge in [-0.15, -0.1) is 13.2 Å². The Labute approximate surface area is 234 Å². The summed E-state index contributed by atoms with van der Waals surface area (Å²) in [6.45, 7) is 1.33. The minimum atomic E-state index is -4.88. The van der Waals surface area contributed by atoms with Crippen LogP contribution in [0.1, 0.15) is 12.5 Å². The number of nitrogens with two attached hydrogens (primary N) is 2. The fraction of sp³-hybridized carbons (Fsp3) is 0.148. The maximum atomic E-state index is 12.9. The van der Waals surface area contributed by atoms with Gasteiger partial charge in [0.2, 0.25) is 0 Å². The molecule has 41 heavy (non-hydrogen) atoms. The minimum Gasteiger partial charge on any atom is -0.612 e. The van der Waals surface area contributed by atoms with Crippen LogP contribution in [0.15, 0.2) is 89.6 Å². The molecule has 0 aliphatic rings. The van der Waals surface area contributed by atoms with E-state index in [9.17, 15) is 30.9 Å². The molecule has 0 saturated carbocycles. The summed E-state index contributed by atoms with van der Waals surface area (Å²) in [6, 6.07) is 16.4. The first-order valence-electron chi connectivity index (χ1n) is 11.6. The molecule has 3 aromatic rings. The molecule has 6 N–H and O–H groups in total. The highest BCUT2D eigenvalue weighted by Gasteiger charge is 2.33. The second-order valence-electron chi connectivity index (χ2n) is 8.57. The Hall–Kier alpha value is -4.14. The molecular formula is C27H25F6N5O2S. The Morgan fingerprint density at radius 3 is 2.20 bits per heavy atom. The van der Waals surface area contributed by atoms with E-state index in [-0.39, 0.29) is 22.8 Å². The van der Waals surface area contributed by atoms with Crippen LogP contribution in [-0.4, -0.2) is 29.1 Å². The van der Waals surface area contributed by atoms with E-state index in [0.717, 1.165) is 23.3 Å². The van der Waals surface area contributed by atoms with Gasteiger partial charge in [0.05, 0.1) is 17.1 Å². The van der Waals surface area contributed by atoms with E-state index in [1.165, 1.54) is 25.3 Å². The lowest BCUT2D eigenvalue weighted by atomic mass is 10.0. The number of hydrazine groups is 1. The van der Waals surface area contributed by atoms with Crippen molar-refractivity contribution in [3.8, 4) is 16.9 Å². The molecule has 0 aliphatic carbocycles. The molecule has 3 aromatic carbocycles. The summed E-state index contributed by atoms with van der Waals surface area (Å²) in [5.74, 6) is 5.97. The molecule has 0 heterocycles. The Morgan fingerprint density at radius 2 is 1.63 bits per heavy atom. The Bertz CT molecular complexity index is 1450. The second-order valence-corrected chi connectivity index (χ2v) is 9.95. The number of ether oxygens (including phenoxy) is 1. The zero-order valence-corrected chi connectivity index (χ0v) is 22.4. The maximum absolute atomic E-state index is 12.9. The Kier molecular flexibility index (Phi) is 9.63. The van der Waals surface area contributed by atoms with Gasteiger partial charge in [-0.2, -0.15) is 13.2 Å². The molecule has 3 rings (SSSR count). The fourth-order valence-corrected chi connectivity index (χ4v) is 4.25. The summed E-state index contributed by atoms with van der Waals surface area (Å²) in [7, 11) is 0. The standard InChI is InChI=1S/C27H25F6N5O2S/c1-16(12-25(35)26(28,29)30)37-22-11-8-19(18-4-3-5-21(13-18)41(2)39)14-23(22)38(36)24(15-34)17-6-9-20(10-7-17)40-27(31,32)33/h3-15,35,37H,34,36H2,1-2H3/b16-12-,24-15-,35-25?. The molecule has 0 bridgehead atoms. The van der Waals surface area contributed by atoms with Crippen molar-refractivity contribution in [2.75, 3.05) is 16.6 Å². The molecule has 0 saturated heterocycles. The Morgan fingerprint density at radius 1 is 1.00 bits per heavy atom. The highest BCUT2D eigenvalue weighted by Crippen LogP contribution is 2.36. The van der Waals surface area contributed by atoms with Crippen LogP contribution >= 0.6 is 0 Å². The second kappa shape index (κ2) is 12.6. The molecule has 0 aliphatic heterocycles. The molecule has 0 radical (unpaired) electrons. The van der Waals surface area contributed by atoms with Crippen LogP contribution in [0.2, 0.25) is 0 Å². The third-order valence-electron chi connectivity index (χ3n) is 5.56. The van der Waals surface area contributed by atoms with Crippen molar-refractivity contribution in [1.29, 1.82) is 5.41 Å². The number of nitrogens with one attached hydrogen (secondary N) is 2. The minimum absolute atomic E-state index is 0.0231. The molecule has 0 amide bonds. The first-order valence-corrected chi connectivity index (χ1v) is 13.2. The summed E-state index contributed by atoms with van der Waals surface area (Å²) >= 11 is -1.27. The van der Waals surface area contributed by atoms with E-state index < -0.39 is 35.2 Å². The highest BCUT2D eigenvalue weighted by molar-refractivity contribution is 7.90. The van der Waals surface area contributed by atoms with Gasteiger partial charge in [0, 0.05) is 23.5 Å². The monoisotopic (exact) mass is 597 g/mol. The summed E-state index contributed by atoms with van der Waals surface area (Å²) in [4.78, 5) is 0.559. The van der Waals surface area contributed by atoms with Gasteiger partial charge in [-0.3, -0.25) is 10.4 Å². The molecule has 0 aromatic heterocycles. The molecule has 1 unspecified atom stereocenters. The number of allylic oxidation sites excluding steroid dienone is 2. The van der Waals surface area contributed by atoms with Crippen LogP contribution in [-0.2, 0) is 11.2 Å². The number of benzene rings is 3. The average Bonchev–Trinajstić information content (AvgIpc) is 2.88. The van der Waals surface area contributed by atoms with Crippen LogP contribution in [0.25, 0.3) is 16.8 Å². The van der Waals surface area contributed by atoms with E-state index in [2.05, 4.69) is 10.1 Å². The van der Waals surface area contributed by atoms with E-state index in [1.807, 2.05) is 0 Å². The van der Waals surface area contributed by atoms with Crippen molar-refractivity contribution < 1.29 is 35.6 Å². The lowest BCUT2D eigenvalue weighted by molar-refractivity contribution is -0.274. The van der Waals surface area contributed by atoms with Gasteiger partial charge in [0.25, 0.3) is 0 Å². The molecule has 1 atom stereocenters. The first-order chi connectivity index (χ1) is 19.1. The zero-order chi connectivity index (χ0) is 30.5. The van der Waals surface area contributed by atoms with Gasteiger partial charge in [-0.25, -0.2) is 5.84 Å². The van der Waals surface area contributed by atoms with Crippen molar-refractivity contribution in [3.05, 3.63) is 90.3 Å². The first kappa shape index (κ1) is 31.4.